The minimum absolute atomic E-state index is 0.264. The summed E-state index contributed by atoms with van der Waals surface area (Å²) in [4.78, 5) is 6.64. The summed E-state index contributed by atoms with van der Waals surface area (Å²) in [5.74, 6) is 1.58. The molecule has 1 aliphatic rings. The van der Waals surface area contributed by atoms with Gasteiger partial charge in [0.15, 0.2) is 0 Å². The molecular weight excluding hydrogens is 392 g/mol. The zero-order valence-corrected chi connectivity index (χ0v) is 16.9. The molecule has 0 atom stereocenters. The molecule has 8 nitrogen and oxygen atoms in total. The molecule has 0 bridgehead atoms. The number of aromatic nitrogens is 2. The van der Waals surface area contributed by atoms with Gasteiger partial charge < -0.3 is 14.2 Å². The van der Waals surface area contributed by atoms with Crippen molar-refractivity contribution >= 4 is 16.0 Å². The van der Waals surface area contributed by atoms with E-state index in [1.165, 1.54) is 4.31 Å². The lowest BCUT2D eigenvalue weighted by Crippen LogP contribution is -2.49. The number of ether oxygens (including phenoxy) is 1. The average Bonchev–Trinajstić information content (AvgIpc) is 3.25. The van der Waals surface area contributed by atoms with Crippen molar-refractivity contribution in [3.63, 3.8) is 0 Å². The maximum atomic E-state index is 12.9. The van der Waals surface area contributed by atoms with Crippen LogP contribution in [0.15, 0.2) is 64.0 Å². The lowest BCUT2D eigenvalue weighted by atomic mass is 10.2. The van der Waals surface area contributed by atoms with Gasteiger partial charge in [-0.1, -0.05) is 18.2 Å². The Kier molecular flexibility index (Phi) is 5.50. The summed E-state index contributed by atoms with van der Waals surface area (Å²) in [7, 11) is -3.55. The molecule has 4 rings (SSSR count). The number of benzene rings is 2. The van der Waals surface area contributed by atoms with Gasteiger partial charge in [-0.2, -0.15) is 9.29 Å². The Hall–Kier alpha value is -2.91. The zero-order valence-electron chi connectivity index (χ0n) is 16.1. The van der Waals surface area contributed by atoms with Crippen LogP contribution in [0.2, 0.25) is 0 Å². The fourth-order valence-corrected chi connectivity index (χ4v) is 4.62. The van der Waals surface area contributed by atoms with E-state index in [0.29, 0.717) is 50.4 Å². The highest BCUT2D eigenvalue weighted by molar-refractivity contribution is 7.89. The maximum absolute atomic E-state index is 12.9. The molecule has 29 heavy (non-hydrogen) atoms. The molecule has 0 radical (unpaired) electrons. The highest BCUT2D eigenvalue weighted by atomic mass is 32.2. The molecule has 0 aliphatic carbocycles. The van der Waals surface area contributed by atoms with Gasteiger partial charge in [0.25, 0.3) is 11.8 Å². The molecule has 0 N–H and O–H groups in total. The van der Waals surface area contributed by atoms with E-state index >= 15 is 0 Å². The Morgan fingerprint density at radius 3 is 2.34 bits per heavy atom. The highest BCUT2D eigenvalue weighted by Crippen LogP contribution is 2.24. The maximum Gasteiger partial charge on any atom is 0.266 e. The second-order valence-corrected chi connectivity index (χ2v) is 8.50. The van der Waals surface area contributed by atoms with E-state index in [4.69, 9.17) is 9.26 Å². The van der Waals surface area contributed by atoms with E-state index in [9.17, 15) is 8.42 Å². The molecule has 1 aromatic heterocycles. The van der Waals surface area contributed by atoms with Crippen LogP contribution in [0.25, 0.3) is 11.5 Å². The van der Waals surface area contributed by atoms with E-state index < -0.39 is 10.0 Å². The number of sulfonamides is 1. The summed E-state index contributed by atoms with van der Waals surface area (Å²) < 4.78 is 38.0. The predicted octanol–water partition coefficient (Wildman–Crippen LogP) is 2.65. The van der Waals surface area contributed by atoms with Crippen molar-refractivity contribution in [2.24, 2.45) is 0 Å². The van der Waals surface area contributed by atoms with Crippen LogP contribution in [0.1, 0.15) is 6.92 Å². The van der Waals surface area contributed by atoms with Crippen LogP contribution >= 0.6 is 0 Å². The number of piperazine rings is 1. The summed E-state index contributed by atoms with van der Waals surface area (Å²) in [6, 6.07) is 16.1. The molecule has 9 heteroatoms. The molecule has 2 heterocycles. The molecule has 0 unspecified atom stereocenters. The van der Waals surface area contributed by atoms with Gasteiger partial charge in [0.05, 0.1) is 11.5 Å². The first kappa shape index (κ1) is 19.4. The first-order valence-corrected chi connectivity index (χ1v) is 10.9. The predicted molar refractivity (Wildman–Crippen MR) is 108 cm³/mol. The Morgan fingerprint density at radius 2 is 1.69 bits per heavy atom. The third-order valence-corrected chi connectivity index (χ3v) is 6.64. The van der Waals surface area contributed by atoms with Crippen LogP contribution in [0.4, 0.5) is 5.95 Å². The average molecular weight is 414 g/mol. The molecule has 152 valence electrons. The summed E-state index contributed by atoms with van der Waals surface area (Å²) in [5, 5.41) is 4.05. The van der Waals surface area contributed by atoms with Crippen LogP contribution < -0.4 is 9.64 Å². The highest BCUT2D eigenvalue weighted by Gasteiger charge is 2.30. The Labute approximate surface area is 169 Å². The second-order valence-electron chi connectivity index (χ2n) is 6.56. The minimum atomic E-state index is -3.55. The van der Waals surface area contributed by atoms with E-state index in [0.717, 1.165) is 5.56 Å². The van der Waals surface area contributed by atoms with Crippen molar-refractivity contribution in [1.82, 2.24) is 14.4 Å². The summed E-state index contributed by atoms with van der Waals surface area (Å²) >= 11 is 0. The van der Waals surface area contributed by atoms with E-state index in [2.05, 4.69) is 10.1 Å². The molecule has 1 fully saturated rings. The topological polar surface area (TPSA) is 88.8 Å². The van der Waals surface area contributed by atoms with Gasteiger partial charge in [0.1, 0.15) is 5.75 Å². The summed E-state index contributed by atoms with van der Waals surface area (Å²) in [5.41, 5.74) is 0.850. The van der Waals surface area contributed by atoms with Crippen molar-refractivity contribution in [3.8, 4) is 17.2 Å². The summed E-state index contributed by atoms with van der Waals surface area (Å²) in [6.45, 7) is 4.11. The number of hydrogen-bond donors (Lipinski definition) is 0. The fraction of sp³-hybridized carbons (Fsp3) is 0.300. The van der Waals surface area contributed by atoms with Crippen molar-refractivity contribution in [2.45, 2.75) is 11.8 Å². The fourth-order valence-electron chi connectivity index (χ4n) is 3.19. The minimum Gasteiger partial charge on any atom is -0.494 e. The monoisotopic (exact) mass is 414 g/mol. The second kappa shape index (κ2) is 8.22. The number of nitrogens with zero attached hydrogens (tertiary/aromatic N) is 4. The number of hydrogen-bond acceptors (Lipinski definition) is 7. The van der Waals surface area contributed by atoms with Crippen molar-refractivity contribution < 1.29 is 17.7 Å². The van der Waals surface area contributed by atoms with Crippen LogP contribution in [0.5, 0.6) is 5.75 Å². The first-order chi connectivity index (χ1) is 14.1. The largest absolute Gasteiger partial charge is 0.494 e. The van der Waals surface area contributed by atoms with E-state index in [1.54, 1.807) is 24.3 Å². The molecular formula is C20H22N4O4S. The van der Waals surface area contributed by atoms with Crippen LogP contribution in [-0.2, 0) is 10.0 Å². The van der Waals surface area contributed by atoms with Crippen molar-refractivity contribution in [3.05, 3.63) is 54.6 Å². The van der Waals surface area contributed by atoms with Gasteiger partial charge in [-0.15, -0.1) is 0 Å². The summed E-state index contributed by atoms with van der Waals surface area (Å²) in [6.07, 6.45) is 0. The number of anilines is 1. The third kappa shape index (κ3) is 4.10. The van der Waals surface area contributed by atoms with Crippen molar-refractivity contribution in [2.75, 3.05) is 37.7 Å². The molecule has 0 amide bonds. The van der Waals surface area contributed by atoms with Gasteiger partial charge >= 0.3 is 0 Å². The number of rotatable bonds is 6. The van der Waals surface area contributed by atoms with Gasteiger partial charge in [0, 0.05) is 31.7 Å². The Balaban J connectivity index is 1.42. The van der Waals surface area contributed by atoms with E-state index in [1.807, 2.05) is 42.2 Å². The van der Waals surface area contributed by atoms with Crippen LogP contribution in [-0.4, -0.2) is 55.6 Å². The Morgan fingerprint density at radius 1 is 1.00 bits per heavy atom. The smallest absolute Gasteiger partial charge is 0.266 e. The van der Waals surface area contributed by atoms with Crippen molar-refractivity contribution in [1.29, 1.82) is 0 Å². The standard InChI is InChI=1S/C20H22N4O4S/c1-2-27-17-8-10-18(11-9-17)29(25,26)24-14-12-23(13-15-24)20-21-19(28-22-20)16-6-4-3-5-7-16/h3-11H,2,12-15H2,1H3. The molecule has 1 aliphatic heterocycles. The van der Waals surface area contributed by atoms with Gasteiger partial charge in [0.2, 0.25) is 10.0 Å². The molecule has 1 saturated heterocycles. The molecule has 0 saturated carbocycles. The van der Waals surface area contributed by atoms with Crippen LogP contribution in [0, 0.1) is 0 Å². The normalized spacial score (nSPS) is 15.4. The molecule has 2 aromatic carbocycles. The van der Waals surface area contributed by atoms with Gasteiger partial charge in [-0.25, -0.2) is 8.42 Å². The van der Waals surface area contributed by atoms with E-state index in [-0.39, 0.29) is 4.90 Å². The zero-order chi connectivity index (χ0) is 20.3. The SMILES string of the molecule is CCOc1ccc(S(=O)(=O)N2CCN(c3noc(-c4ccccc4)n3)CC2)cc1. The van der Waals surface area contributed by atoms with Gasteiger partial charge in [-0.3, -0.25) is 0 Å². The molecule has 0 spiro atoms. The lowest BCUT2D eigenvalue weighted by Gasteiger charge is -2.33. The van der Waals surface area contributed by atoms with Gasteiger partial charge in [-0.05, 0) is 48.5 Å². The van der Waals surface area contributed by atoms with Crippen LogP contribution in [0.3, 0.4) is 0 Å². The molecule has 3 aromatic rings. The quantitative estimate of drug-likeness (QED) is 0.613. The lowest BCUT2D eigenvalue weighted by molar-refractivity contribution is 0.340. The first-order valence-electron chi connectivity index (χ1n) is 9.45. The third-order valence-electron chi connectivity index (χ3n) is 4.73. The Bertz CT molecular complexity index is 1040.